The SMILES string of the molecule is Cc1cccc(N)c1NC(=O)CN1CCCCCC1. The molecule has 1 heterocycles. The van der Waals surface area contributed by atoms with Gasteiger partial charge >= 0.3 is 0 Å². The molecule has 0 bridgehead atoms. The first-order valence-corrected chi connectivity index (χ1v) is 7.04. The second-order valence-corrected chi connectivity index (χ2v) is 5.28. The van der Waals surface area contributed by atoms with Crippen LogP contribution in [0.5, 0.6) is 0 Å². The van der Waals surface area contributed by atoms with Crippen molar-refractivity contribution < 1.29 is 4.79 Å². The summed E-state index contributed by atoms with van der Waals surface area (Å²) in [6.07, 6.45) is 4.95. The highest BCUT2D eigenvalue weighted by Crippen LogP contribution is 2.22. The summed E-state index contributed by atoms with van der Waals surface area (Å²) in [6.45, 7) is 4.47. The zero-order valence-corrected chi connectivity index (χ0v) is 11.6. The van der Waals surface area contributed by atoms with E-state index >= 15 is 0 Å². The lowest BCUT2D eigenvalue weighted by Crippen LogP contribution is -2.34. The molecule has 0 aromatic heterocycles. The molecule has 1 amide bonds. The molecule has 4 nitrogen and oxygen atoms in total. The maximum absolute atomic E-state index is 12.1. The third-order valence-electron chi connectivity index (χ3n) is 3.64. The molecule has 0 aliphatic carbocycles. The Labute approximate surface area is 115 Å². The van der Waals surface area contributed by atoms with Crippen LogP contribution in [0.25, 0.3) is 0 Å². The Kier molecular flexibility index (Phi) is 4.80. The normalized spacial score (nSPS) is 16.9. The largest absolute Gasteiger partial charge is 0.397 e. The topological polar surface area (TPSA) is 58.4 Å². The molecule has 4 heteroatoms. The fourth-order valence-corrected chi connectivity index (χ4v) is 2.54. The van der Waals surface area contributed by atoms with Gasteiger partial charge in [0.05, 0.1) is 17.9 Å². The number of nitrogens with zero attached hydrogens (tertiary/aromatic N) is 1. The number of nitrogens with two attached hydrogens (primary N) is 1. The molecule has 1 fully saturated rings. The molecular formula is C15H23N3O. The second-order valence-electron chi connectivity index (χ2n) is 5.28. The standard InChI is InChI=1S/C15H23N3O/c1-12-7-6-8-13(16)15(12)17-14(19)11-18-9-4-2-3-5-10-18/h6-8H,2-5,9-11,16H2,1H3,(H,17,19). The third-order valence-corrected chi connectivity index (χ3v) is 3.64. The van der Waals surface area contributed by atoms with E-state index in [-0.39, 0.29) is 5.91 Å². The van der Waals surface area contributed by atoms with Gasteiger partial charge in [-0.2, -0.15) is 0 Å². The smallest absolute Gasteiger partial charge is 0.238 e. The van der Waals surface area contributed by atoms with Gasteiger partial charge in [0, 0.05) is 0 Å². The number of hydrogen-bond donors (Lipinski definition) is 2. The van der Waals surface area contributed by atoms with Crippen LogP contribution in [0.15, 0.2) is 18.2 Å². The van der Waals surface area contributed by atoms with Crippen LogP contribution in [0, 0.1) is 6.92 Å². The summed E-state index contributed by atoms with van der Waals surface area (Å²) >= 11 is 0. The van der Waals surface area contributed by atoms with Crippen LogP contribution in [0.2, 0.25) is 0 Å². The van der Waals surface area contributed by atoms with Gasteiger partial charge in [-0.25, -0.2) is 0 Å². The number of nitrogens with one attached hydrogen (secondary N) is 1. The summed E-state index contributed by atoms with van der Waals surface area (Å²) in [5.41, 5.74) is 8.28. The highest BCUT2D eigenvalue weighted by molar-refractivity contribution is 5.96. The van der Waals surface area contributed by atoms with E-state index in [2.05, 4.69) is 10.2 Å². The number of hydrogen-bond acceptors (Lipinski definition) is 3. The maximum Gasteiger partial charge on any atom is 0.238 e. The number of aryl methyl sites for hydroxylation is 1. The van der Waals surface area contributed by atoms with E-state index in [1.54, 1.807) is 0 Å². The molecule has 0 radical (unpaired) electrons. The van der Waals surface area contributed by atoms with Crippen molar-refractivity contribution in [3.8, 4) is 0 Å². The first-order valence-electron chi connectivity index (χ1n) is 7.04. The molecule has 1 saturated heterocycles. The van der Waals surface area contributed by atoms with E-state index < -0.39 is 0 Å². The van der Waals surface area contributed by atoms with Gasteiger partial charge in [0.15, 0.2) is 0 Å². The lowest BCUT2D eigenvalue weighted by Gasteiger charge is -2.19. The first-order chi connectivity index (χ1) is 9.16. The van der Waals surface area contributed by atoms with Gasteiger partial charge in [-0.05, 0) is 44.5 Å². The van der Waals surface area contributed by atoms with Crippen molar-refractivity contribution in [2.75, 3.05) is 30.7 Å². The zero-order valence-electron chi connectivity index (χ0n) is 11.6. The molecule has 1 aliphatic rings. The van der Waals surface area contributed by atoms with Crippen molar-refractivity contribution in [1.82, 2.24) is 4.90 Å². The maximum atomic E-state index is 12.1. The second kappa shape index (κ2) is 6.57. The predicted octanol–water partition coefficient (Wildman–Crippen LogP) is 2.39. The zero-order chi connectivity index (χ0) is 13.7. The van der Waals surface area contributed by atoms with Crippen molar-refractivity contribution in [1.29, 1.82) is 0 Å². The number of benzene rings is 1. The van der Waals surface area contributed by atoms with Gasteiger partial charge in [-0.3, -0.25) is 9.69 Å². The minimum atomic E-state index is 0.0305. The van der Waals surface area contributed by atoms with Crippen LogP contribution in [0.4, 0.5) is 11.4 Å². The molecule has 2 rings (SSSR count). The molecular weight excluding hydrogens is 238 g/mol. The number of para-hydroxylation sites is 1. The molecule has 3 N–H and O–H groups in total. The summed E-state index contributed by atoms with van der Waals surface area (Å²) in [5.74, 6) is 0.0305. The Morgan fingerprint density at radius 1 is 1.26 bits per heavy atom. The van der Waals surface area contributed by atoms with Gasteiger partial charge in [-0.1, -0.05) is 25.0 Å². The third kappa shape index (κ3) is 3.96. The van der Waals surface area contributed by atoms with Crippen LogP contribution in [-0.4, -0.2) is 30.4 Å². The van der Waals surface area contributed by atoms with E-state index in [1.165, 1.54) is 25.7 Å². The van der Waals surface area contributed by atoms with Crippen LogP contribution in [0.1, 0.15) is 31.2 Å². The van der Waals surface area contributed by atoms with Crippen LogP contribution in [-0.2, 0) is 4.79 Å². The predicted molar refractivity (Wildman–Crippen MR) is 79.1 cm³/mol. The Hall–Kier alpha value is -1.55. The van der Waals surface area contributed by atoms with Gasteiger partial charge in [0.25, 0.3) is 0 Å². The molecule has 1 aliphatic heterocycles. The minimum Gasteiger partial charge on any atom is -0.397 e. The molecule has 1 aromatic carbocycles. The summed E-state index contributed by atoms with van der Waals surface area (Å²) in [6, 6.07) is 5.67. The van der Waals surface area contributed by atoms with Crippen LogP contribution in [0.3, 0.4) is 0 Å². The highest BCUT2D eigenvalue weighted by Gasteiger charge is 2.14. The van der Waals surface area contributed by atoms with E-state index in [1.807, 2.05) is 25.1 Å². The molecule has 0 saturated carbocycles. The fourth-order valence-electron chi connectivity index (χ4n) is 2.54. The number of carbonyl (C=O) groups excluding carboxylic acids is 1. The number of anilines is 2. The lowest BCUT2D eigenvalue weighted by atomic mass is 10.1. The van der Waals surface area contributed by atoms with Crippen LogP contribution >= 0.6 is 0 Å². The number of carbonyl (C=O) groups is 1. The van der Waals surface area contributed by atoms with E-state index in [0.29, 0.717) is 12.2 Å². The van der Waals surface area contributed by atoms with Gasteiger partial charge in [-0.15, -0.1) is 0 Å². The highest BCUT2D eigenvalue weighted by atomic mass is 16.2. The Balaban J connectivity index is 1.93. The Morgan fingerprint density at radius 2 is 1.95 bits per heavy atom. The first kappa shape index (κ1) is 13.9. The summed E-state index contributed by atoms with van der Waals surface area (Å²) < 4.78 is 0. The number of nitrogen functional groups attached to an aromatic ring is 1. The quantitative estimate of drug-likeness (QED) is 0.821. The number of likely N-dealkylation sites (tertiary alicyclic amines) is 1. The van der Waals surface area contributed by atoms with Crippen molar-refractivity contribution in [3.05, 3.63) is 23.8 Å². The van der Waals surface area contributed by atoms with Crippen molar-refractivity contribution in [2.45, 2.75) is 32.6 Å². The summed E-state index contributed by atoms with van der Waals surface area (Å²) in [4.78, 5) is 14.3. The fraction of sp³-hybridized carbons (Fsp3) is 0.533. The monoisotopic (exact) mass is 261 g/mol. The Morgan fingerprint density at radius 3 is 2.58 bits per heavy atom. The molecule has 19 heavy (non-hydrogen) atoms. The molecule has 0 unspecified atom stereocenters. The Bertz CT molecular complexity index is 417. The van der Waals surface area contributed by atoms with Crippen LogP contribution < -0.4 is 11.1 Å². The van der Waals surface area contributed by atoms with Gasteiger partial charge in [0.1, 0.15) is 0 Å². The number of amides is 1. The van der Waals surface area contributed by atoms with E-state index in [0.717, 1.165) is 24.3 Å². The minimum absolute atomic E-state index is 0.0305. The van der Waals surface area contributed by atoms with Crippen molar-refractivity contribution in [3.63, 3.8) is 0 Å². The van der Waals surface area contributed by atoms with E-state index in [4.69, 9.17) is 5.73 Å². The van der Waals surface area contributed by atoms with E-state index in [9.17, 15) is 4.79 Å². The van der Waals surface area contributed by atoms with Crippen molar-refractivity contribution in [2.24, 2.45) is 0 Å². The molecule has 104 valence electrons. The average Bonchev–Trinajstić information content (AvgIpc) is 2.63. The van der Waals surface area contributed by atoms with Crippen molar-refractivity contribution >= 4 is 17.3 Å². The number of rotatable bonds is 3. The summed E-state index contributed by atoms with van der Waals surface area (Å²) in [7, 11) is 0. The molecule has 0 spiro atoms. The van der Waals surface area contributed by atoms with Gasteiger partial charge < -0.3 is 11.1 Å². The average molecular weight is 261 g/mol. The lowest BCUT2D eigenvalue weighted by molar-refractivity contribution is -0.117. The molecule has 1 aromatic rings. The molecule has 0 atom stereocenters. The summed E-state index contributed by atoms with van der Waals surface area (Å²) in [5, 5.41) is 2.94. The van der Waals surface area contributed by atoms with Gasteiger partial charge in [0.2, 0.25) is 5.91 Å².